The summed E-state index contributed by atoms with van der Waals surface area (Å²) < 4.78 is 51.4. The van der Waals surface area contributed by atoms with E-state index in [1.54, 1.807) is 0 Å². The molecular weight excluding hydrogens is 330 g/mol. The molecule has 0 unspecified atom stereocenters. The lowest BCUT2D eigenvalue weighted by atomic mass is 10.0. The molecule has 1 N–H and O–H groups in total. The van der Waals surface area contributed by atoms with Gasteiger partial charge in [0, 0.05) is 6.54 Å². The van der Waals surface area contributed by atoms with Gasteiger partial charge in [-0.1, -0.05) is 37.6 Å². The van der Waals surface area contributed by atoms with Crippen molar-refractivity contribution in [3.05, 3.63) is 70.0 Å². The third-order valence-corrected chi connectivity index (χ3v) is 4.19. The molecule has 2 rings (SSSR count). The molecule has 136 valence electrons. The minimum Gasteiger partial charge on any atom is -0.312 e. The minimum atomic E-state index is -4.66. The van der Waals surface area contributed by atoms with Gasteiger partial charge in [-0.25, -0.2) is 4.39 Å². The number of hydrogen-bond acceptors (Lipinski definition) is 1. The van der Waals surface area contributed by atoms with E-state index in [0.717, 1.165) is 30.5 Å². The molecule has 0 radical (unpaired) electrons. The van der Waals surface area contributed by atoms with E-state index in [9.17, 15) is 17.6 Å². The summed E-state index contributed by atoms with van der Waals surface area (Å²) in [5.74, 6) is -1.23. The van der Waals surface area contributed by atoms with Gasteiger partial charge in [-0.05, 0) is 60.7 Å². The molecule has 25 heavy (non-hydrogen) atoms. The van der Waals surface area contributed by atoms with Gasteiger partial charge < -0.3 is 5.32 Å². The minimum absolute atomic E-state index is 0.414. The van der Waals surface area contributed by atoms with Gasteiger partial charge in [0.05, 0.1) is 5.56 Å². The lowest BCUT2D eigenvalue weighted by Gasteiger charge is -2.11. The average Bonchev–Trinajstić information content (AvgIpc) is 2.55. The highest BCUT2D eigenvalue weighted by atomic mass is 19.4. The van der Waals surface area contributed by atoms with Crippen LogP contribution < -0.4 is 5.32 Å². The van der Waals surface area contributed by atoms with Gasteiger partial charge >= 0.3 is 6.18 Å². The zero-order chi connectivity index (χ0) is 18.4. The van der Waals surface area contributed by atoms with E-state index in [0.29, 0.717) is 25.1 Å². The Kier molecular flexibility index (Phi) is 6.59. The quantitative estimate of drug-likeness (QED) is 0.516. The number of hydrogen-bond donors (Lipinski definition) is 1. The number of alkyl halides is 3. The number of halogens is 4. The summed E-state index contributed by atoms with van der Waals surface area (Å²) in [5.41, 5.74) is 3.03. The Hall–Kier alpha value is -1.88. The van der Waals surface area contributed by atoms with E-state index in [4.69, 9.17) is 0 Å². The Morgan fingerprint density at radius 2 is 1.68 bits per heavy atom. The second kappa shape index (κ2) is 8.48. The van der Waals surface area contributed by atoms with Crippen molar-refractivity contribution in [3.8, 4) is 0 Å². The number of benzene rings is 2. The molecule has 0 atom stereocenters. The molecule has 0 aliphatic heterocycles. The summed E-state index contributed by atoms with van der Waals surface area (Å²) >= 11 is 0. The molecule has 0 spiro atoms. The standard InChI is InChI=1S/C20H23F4N/c1-3-4-17-11-16(6-5-14(17)2)13-25-10-9-15-7-8-19(21)18(12-15)20(22,23)24/h5-8,11-12,25H,3-4,9-10,13H2,1-2H3. The molecular formula is C20H23F4N. The Labute approximate surface area is 146 Å². The first kappa shape index (κ1) is 19.4. The van der Waals surface area contributed by atoms with Crippen molar-refractivity contribution in [2.45, 2.75) is 45.8 Å². The molecule has 0 saturated carbocycles. The first-order chi connectivity index (χ1) is 11.8. The molecule has 0 heterocycles. The van der Waals surface area contributed by atoms with Crippen LogP contribution in [0.3, 0.4) is 0 Å². The summed E-state index contributed by atoms with van der Waals surface area (Å²) in [6.07, 6.45) is -2.12. The molecule has 0 aliphatic carbocycles. The molecule has 0 saturated heterocycles. The van der Waals surface area contributed by atoms with Crippen LogP contribution in [-0.4, -0.2) is 6.54 Å². The zero-order valence-corrected chi connectivity index (χ0v) is 14.5. The molecule has 2 aromatic rings. The summed E-state index contributed by atoms with van der Waals surface area (Å²) in [6.45, 7) is 5.42. The lowest BCUT2D eigenvalue weighted by Crippen LogP contribution is -2.17. The molecule has 0 bridgehead atoms. The van der Waals surface area contributed by atoms with Gasteiger partial charge in [0.25, 0.3) is 0 Å². The lowest BCUT2D eigenvalue weighted by molar-refractivity contribution is -0.140. The molecule has 1 nitrogen and oxygen atoms in total. The van der Waals surface area contributed by atoms with E-state index in [1.165, 1.54) is 17.2 Å². The third-order valence-electron chi connectivity index (χ3n) is 4.19. The largest absolute Gasteiger partial charge is 0.419 e. The van der Waals surface area contributed by atoms with Gasteiger partial charge in [-0.15, -0.1) is 0 Å². The smallest absolute Gasteiger partial charge is 0.312 e. The van der Waals surface area contributed by atoms with Crippen molar-refractivity contribution in [1.82, 2.24) is 5.32 Å². The fourth-order valence-corrected chi connectivity index (χ4v) is 2.78. The predicted octanol–water partition coefficient (Wildman–Crippen LogP) is 5.44. The van der Waals surface area contributed by atoms with Crippen LogP contribution in [0.4, 0.5) is 17.6 Å². The van der Waals surface area contributed by atoms with Crippen molar-refractivity contribution in [2.24, 2.45) is 0 Å². The van der Waals surface area contributed by atoms with E-state index in [2.05, 4.69) is 37.4 Å². The molecule has 0 aliphatic rings. The van der Waals surface area contributed by atoms with Crippen LogP contribution in [0.1, 0.15) is 41.2 Å². The Bertz CT molecular complexity index is 707. The second-order valence-electron chi connectivity index (χ2n) is 6.25. The maximum Gasteiger partial charge on any atom is 0.419 e. The Morgan fingerprint density at radius 3 is 2.36 bits per heavy atom. The Morgan fingerprint density at radius 1 is 0.960 bits per heavy atom. The SMILES string of the molecule is CCCc1cc(CNCCc2ccc(F)c(C(F)(F)F)c2)ccc1C. The van der Waals surface area contributed by atoms with E-state index in [1.807, 2.05) is 0 Å². The predicted molar refractivity (Wildman–Crippen MR) is 92.0 cm³/mol. The number of aryl methyl sites for hydroxylation is 2. The molecule has 5 heteroatoms. The van der Waals surface area contributed by atoms with E-state index < -0.39 is 17.6 Å². The Balaban J connectivity index is 1.90. The fourth-order valence-electron chi connectivity index (χ4n) is 2.78. The van der Waals surface area contributed by atoms with Crippen molar-refractivity contribution < 1.29 is 17.6 Å². The van der Waals surface area contributed by atoms with Gasteiger partial charge in [-0.3, -0.25) is 0 Å². The van der Waals surface area contributed by atoms with E-state index in [-0.39, 0.29) is 0 Å². The molecule has 0 fully saturated rings. The molecule has 0 amide bonds. The summed E-state index contributed by atoms with van der Waals surface area (Å²) in [6, 6.07) is 9.50. The highest BCUT2D eigenvalue weighted by Crippen LogP contribution is 2.31. The average molecular weight is 353 g/mol. The molecule has 2 aromatic carbocycles. The second-order valence-corrected chi connectivity index (χ2v) is 6.25. The first-order valence-electron chi connectivity index (χ1n) is 8.46. The highest BCUT2D eigenvalue weighted by molar-refractivity contribution is 5.31. The van der Waals surface area contributed by atoms with Crippen LogP contribution in [0, 0.1) is 12.7 Å². The van der Waals surface area contributed by atoms with Gasteiger partial charge in [0.2, 0.25) is 0 Å². The van der Waals surface area contributed by atoms with E-state index >= 15 is 0 Å². The van der Waals surface area contributed by atoms with Crippen LogP contribution >= 0.6 is 0 Å². The van der Waals surface area contributed by atoms with Crippen LogP contribution in [0.5, 0.6) is 0 Å². The normalized spacial score (nSPS) is 11.8. The highest BCUT2D eigenvalue weighted by Gasteiger charge is 2.34. The number of rotatable bonds is 7. The van der Waals surface area contributed by atoms with Crippen LogP contribution in [-0.2, 0) is 25.6 Å². The number of nitrogens with one attached hydrogen (secondary N) is 1. The van der Waals surface area contributed by atoms with Crippen molar-refractivity contribution >= 4 is 0 Å². The van der Waals surface area contributed by atoms with Crippen molar-refractivity contribution in [3.63, 3.8) is 0 Å². The maximum atomic E-state index is 13.3. The van der Waals surface area contributed by atoms with Crippen molar-refractivity contribution in [1.29, 1.82) is 0 Å². The zero-order valence-electron chi connectivity index (χ0n) is 14.5. The van der Waals surface area contributed by atoms with Gasteiger partial charge in [0.15, 0.2) is 0 Å². The van der Waals surface area contributed by atoms with Crippen LogP contribution in [0.2, 0.25) is 0 Å². The molecule has 0 aromatic heterocycles. The van der Waals surface area contributed by atoms with Gasteiger partial charge in [0.1, 0.15) is 5.82 Å². The topological polar surface area (TPSA) is 12.0 Å². The first-order valence-corrected chi connectivity index (χ1v) is 8.46. The maximum absolute atomic E-state index is 13.3. The monoisotopic (exact) mass is 353 g/mol. The summed E-state index contributed by atoms with van der Waals surface area (Å²) in [5, 5.41) is 3.24. The summed E-state index contributed by atoms with van der Waals surface area (Å²) in [4.78, 5) is 0. The van der Waals surface area contributed by atoms with Crippen molar-refractivity contribution in [2.75, 3.05) is 6.54 Å². The summed E-state index contributed by atoms with van der Waals surface area (Å²) in [7, 11) is 0. The fraction of sp³-hybridized carbons (Fsp3) is 0.400. The van der Waals surface area contributed by atoms with Gasteiger partial charge in [-0.2, -0.15) is 13.2 Å². The third kappa shape index (κ3) is 5.56. The van der Waals surface area contributed by atoms with Crippen LogP contribution in [0.15, 0.2) is 36.4 Å². The van der Waals surface area contributed by atoms with Crippen LogP contribution in [0.25, 0.3) is 0 Å².